The van der Waals surface area contributed by atoms with Gasteiger partial charge in [-0.3, -0.25) is 9.78 Å². The number of aryl methyl sites for hydroxylation is 3. The minimum atomic E-state index is -0.121. The highest BCUT2D eigenvalue weighted by Crippen LogP contribution is 2.34. The van der Waals surface area contributed by atoms with Gasteiger partial charge >= 0.3 is 5.97 Å². The molecule has 4 rings (SSSR count). The number of esters is 1. The van der Waals surface area contributed by atoms with E-state index in [1.807, 2.05) is 19.9 Å². The zero-order chi connectivity index (χ0) is 15.3. The number of cyclic esters (lactones) is 1. The van der Waals surface area contributed by atoms with Crippen LogP contribution in [0.5, 0.6) is 0 Å². The lowest BCUT2D eigenvalue weighted by Gasteiger charge is -2.28. The van der Waals surface area contributed by atoms with Crippen LogP contribution in [0.2, 0.25) is 0 Å². The Labute approximate surface area is 128 Å². The summed E-state index contributed by atoms with van der Waals surface area (Å²) in [6.45, 7) is 4.99. The van der Waals surface area contributed by atoms with Crippen LogP contribution in [0, 0.1) is 13.8 Å². The molecule has 2 aliphatic rings. The average Bonchev–Trinajstić information content (AvgIpc) is 2.71. The number of hydrogen-bond acceptors (Lipinski definition) is 6. The molecule has 0 aromatic carbocycles. The lowest BCUT2D eigenvalue weighted by atomic mass is 10.1. The molecule has 4 heterocycles. The minimum Gasteiger partial charge on any atom is -0.464 e. The topological polar surface area (TPSA) is 68.2 Å². The average molecular weight is 298 g/mol. The van der Waals surface area contributed by atoms with Gasteiger partial charge in [-0.2, -0.15) is 0 Å². The summed E-state index contributed by atoms with van der Waals surface area (Å²) in [7, 11) is 0. The molecule has 0 bridgehead atoms. The van der Waals surface area contributed by atoms with Gasteiger partial charge in [-0.1, -0.05) is 0 Å². The first-order valence-corrected chi connectivity index (χ1v) is 7.69. The zero-order valence-corrected chi connectivity index (χ0v) is 12.8. The van der Waals surface area contributed by atoms with Gasteiger partial charge in [0.15, 0.2) is 0 Å². The van der Waals surface area contributed by atoms with Crippen molar-refractivity contribution >= 4 is 22.7 Å². The Morgan fingerprint density at radius 3 is 3.00 bits per heavy atom. The molecular weight excluding hydrogens is 280 g/mol. The number of nitrogens with zero attached hydrogens (tertiary/aromatic N) is 4. The molecule has 0 spiro atoms. The maximum absolute atomic E-state index is 11.8. The molecule has 22 heavy (non-hydrogen) atoms. The highest BCUT2D eigenvalue weighted by Gasteiger charge is 2.32. The Kier molecular flexibility index (Phi) is 2.99. The molecule has 0 saturated carbocycles. The van der Waals surface area contributed by atoms with E-state index in [2.05, 4.69) is 14.9 Å². The van der Waals surface area contributed by atoms with Crippen molar-refractivity contribution in [3.8, 4) is 0 Å². The van der Waals surface area contributed by atoms with Gasteiger partial charge in [0.2, 0.25) is 0 Å². The lowest BCUT2D eigenvalue weighted by Crippen LogP contribution is -2.36. The van der Waals surface area contributed by atoms with Gasteiger partial charge in [0.1, 0.15) is 18.2 Å². The first-order valence-electron chi connectivity index (χ1n) is 7.69. The Morgan fingerprint density at radius 2 is 2.14 bits per heavy atom. The largest absolute Gasteiger partial charge is 0.464 e. The van der Waals surface area contributed by atoms with Crippen LogP contribution in [0.3, 0.4) is 0 Å². The summed E-state index contributed by atoms with van der Waals surface area (Å²) in [6.07, 6.45) is 2.14. The van der Waals surface area contributed by atoms with Gasteiger partial charge in [-0.15, -0.1) is 0 Å². The van der Waals surface area contributed by atoms with Crippen LogP contribution in [0.1, 0.15) is 30.1 Å². The summed E-state index contributed by atoms with van der Waals surface area (Å²) in [5.74, 6) is 1.53. The number of aromatic nitrogens is 3. The van der Waals surface area contributed by atoms with Crippen LogP contribution < -0.4 is 4.90 Å². The van der Waals surface area contributed by atoms with Crippen LogP contribution in [-0.2, 0) is 16.0 Å². The smallest absolute Gasteiger partial charge is 0.307 e. The lowest BCUT2D eigenvalue weighted by molar-refractivity contribution is -0.142. The second-order valence-electron chi connectivity index (χ2n) is 6.01. The number of ether oxygens (including phenoxy) is 1. The fourth-order valence-electron chi connectivity index (χ4n) is 3.49. The number of rotatable bonds is 0. The maximum atomic E-state index is 11.8. The van der Waals surface area contributed by atoms with Crippen LogP contribution >= 0.6 is 0 Å². The van der Waals surface area contributed by atoms with Crippen LogP contribution in [-0.4, -0.2) is 40.1 Å². The molecule has 0 radical (unpaired) electrons. The van der Waals surface area contributed by atoms with Crippen molar-refractivity contribution in [2.45, 2.75) is 39.2 Å². The Balaban J connectivity index is 1.96. The van der Waals surface area contributed by atoms with Gasteiger partial charge in [-0.25, -0.2) is 9.97 Å². The van der Waals surface area contributed by atoms with E-state index in [0.29, 0.717) is 19.6 Å². The summed E-state index contributed by atoms with van der Waals surface area (Å²) in [5, 5.41) is 1.04. The summed E-state index contributed by atoms with van der Waals surface area (Å²) in [5.41, 5.74) is 2.97. The van der Waals surface area contributed by atoms with E-state index in [9.17, 15) is 4.79 Å². The summed E-state index contributed by atoms with van der Waals surface area (Å²) in [6, 6.07) is 2.14. The minimum absolute atomic E-state index is 0.121. The van der Waals surface area contributed by atoms with Gasteiger partial charge < -0.3 is 9.64 Å². The number of pyridine rings is 1. The van der Waals surface area contributed by atoms with Crippen LogP contribution in [0.15, 0.2) is 6.07 Å². The normalized spacial score (nSPS) is 21.1. The molecule has 2 aliphatic heterocycles. The number of hydrogen-bond donors (Lipinski definition) is 0. The van der Waals surface area contributed by atoms with E-state index in [-0.39, 0.29) is 12.0 Å². The molecule has 0 N–H and O–H groups in total. The Morgan fingerprint density at radius 1 is 1.27 bits per heavy atom. The van der Waals surface area contributed by atoms with E-state index in [4.69, 9.17) is 9.72 Å². The fourth-order valence-corrected chi connectivity index (χ4v) is 3.49. The molecule has 1 fully saturated rings. The van der Waals surface area contributed by atoms with Gasteiger partial charge in [0.05, 0.1) is 29.6 Å². The van der Waals surface area contributed by atoms with Crippen molar-refractivity contribution in [1.82, 2.24) is 15.0 Å². The van der Waals surface area contributed by atoms with Crippen LogP contribution in [0.25, 0.3) is 10.9 Å². The van der Waals surface area contributed by atoms with Crippen molar-refractivity contribution in [3.05, 3.63) is 23.3 Å². The first-order chi connectivity index (χ1) is 10.6. The molecule has 0 aliphatic carbocycles. The first kappa shape index (κ1) is 13.4. The molecular formula is C16H18N4O2. The molecule has 6 heteroatoms. The maximum Gasteiger partial charge on any atom is 0.307 e. The predicted octanol–water partition coefficient (Wildman–Crippen LogP) is 1.71. The molecule has 1 atom stereocenters. The van der Waals surface area contributed by atoms with E-state index in [0.717, 1.165) is 46.8 Å². The summed E-state index contributed by atoms with van der Waals surface area (Å²) >= 11 is 0. The summed E-state index contributed by atoms with van der Waals surface area (Å²) in [4.78, 5) is 28.0. The molecule has 114 valence electrons. The number of fused-ring (bicyclic) bond motifs is 2. The third-order valence-electron chi connectivity index (χ3n) is 4.40. The van der Waals surface area contributed by atoms with Crippen molar-refractivity contribution < 1.29 is 9.53 Å². The van der Waals surface area contributed by atoms with E-state index >= 15 is 0 Å². The molecule has 2 aromatic heterocycles. The molecule has 0 amide bonds. The van der Waals surface area contributed by atoms with Crippen molar-refractivity contribution in [2.75, 3.05) is 18.1 Å². The van der Waals surface area contributed by atoms with Gasteiger partial charge in [0, 0.05) is 11.7 Å². The monoisotopic (exact) mass is 298 g/mol. The van der Waals surface area contributed by atoms with Crippen molar-refractivity contribution in [1.29, 1.82) is 0 Å². The molecule has 1 saturated heterocycles. The summed E-state index contributed by atoms with van der Waals surface area (Å²) < 4.78 is 5.23. The van der Waals surface area contributed by atoms with Crippen LogP contribution in [0.4, 0.5) is 5.82 Å². The quantitative estimate of drug-likeness (QED) is 0.690. The van der Waals surface area contributed by atoms with Crippen molar-refractivity contribution in [2.24, 2.45) is 0 Å². The highest BCUT2D eigenvalue weighted by atomic mass is 16.5. The Hall–Kier alpha value is -2.24. The number of carbonyl (C=O) groups is 1. The number of anilines is 1. The third kappa shape index (κ3) is 2.10. The third-order valence-corrected chi connectivity index (χ3v) is 4.40. The second kappa shape index (κ2) is 4.90. The second-order valence-corrected chi connectivity index (χ2v) is 6.01. The molecule has 1 unspecified atom stereocenters. The Bertz CT molecular complexity index is 769. The highest BCUT2D eigenvalue weighted by molar-refractivity contribution is 5.93. The number of carbonyl (C=O) groups excluding carboxylic acids is 1. The SMILES string of the molecule is Cc1cc2nc(C)nc3c2c(n1)CCC1CC(=O)OCCN31. The van der Waals surface area contributed by atoms with E-state index in [1.165, 1.54) is 0 Å². The van der Waals surface area contributed by atoms with E-state index < -0.39 is 0 Å². The van der Waals surface area contributed by atoms with Gasteiger partial charge in [0.25, 0.3) is 0 Å². The van der Waals surface area contributed by atoms with Crippen molar-refractivity contribution in [3.63, 3.8) is 0 Å². The molecule has 2 aromatic rings. The zero-order valence-electron chi connectivity index (χ0n) is 12.8. The predicted molar refractivity (Wildman–Crippen MR) is 81.8 cm³/mol. The van der Waals surface area contributed by atoms with Gasteiger partial charge in [-0.05, 0) is 32.8 Å². The molecule has 6 nitrogen and oxygen atoms in total. The fraction of sp³-hybridized carbons (Fsp3) is 0.500. The standard InChI is InChI=1S/C16H18N4O2/c1-9-7-13-15-12(17-9)4-3-11-8-14(21)22-6-5-20(11)16(15)19-10(2)18-13/h7,11H,3-6,8H2,1-2H3. The van der Waals surface area contributed by atoms with E-state index in [1.54, 1.807) is 0 Å².